The summed E-state index contributed by atoms with van der Waals surface area (Å²) in [5.41, 5.74) is 3.08. The number of aromatic amines is 1. The van der Waals surface area contributed by atoms with E-state index in [4.69, 9.17) is 5.73 Å². The number of H-pyrrole nitrogens is 1. The summed E-state index contributed by atoms with van der Waals surface area (Å²) in [7, 11) is 0. The highest BCUT2D eigenvalue weighted by molar-refractivity contribution is 5.76. The lowest BCUT2D eigenvalue weighted by Crippen LogP contribution is -2.16. The minimum absolute atomic E-state index is 0.254. The molecule has 3 N–H and O–H groups in total. The maximum atomic E-state index is 12.1. The van der Waals surface area contributed by atoms with E-state index in [9.17, 15) is 18.4 Å². The average molecular weight is 188 g/mol. The first-order valence-electron chi connectivity index (χ1n) is 3.32. The molecule has 0 spiro atoms. The highest BCUT2D eigenvalue weighted by atomic mass is 19.3. The zero-order valence-electron chi connectivity index (χ0n) is 6.38. The van der Waals surface area contributed by atoms with E-state index in [1.54, 1.807) is 0 Å². The summed E-state index contributed by atoms with van der Waals surface area (Å²) in [4.78, 5) is 22.9. The third-order valence-electron chi connectivity index (χ3n) is 1.48. The zero-order chi connectivity index (χ0) is 10.0. The molecule has 1 aromatic heterocycles. The summed E-state index contributed by atoms with van der Waals surface area (Å²) in [5.74, 6) is 0. The van der Waals surface area contributed by atoms with Crippen LogP contribution >= 0.6 is 0 Å². The molecule has 1 heterocycles. The van der Waals surface area contributed by atoms with Crippen molar-refractivity contribution in [3.05, 3.63) is 27.7 Å². The highest BCUT2D eigenvalue weighted by Crippen LogP contribution is 2.20. The largest absolute Gasteiger partial charge is 0.397 e. The molecule has 0 aliphatic carbocycles. The van der Waals surface area contributed by atoms with E-state index in [1.807, 2.05) is 4.98 Å². The Labute approximate surface area is 71.4 Å². The molecular formula is C7H6F2N2O2. The maximum Gasteiger partial charge on any atom is 0.280 e. The van der Waals surface area contributed by atoms with Gasteiger partial charge in [-0.15, -0.1) is 0 Å². The van der Waals surface area contributed by atoms with E-state index in [-0.39, 0.29) is 17.5 Å². The normalized spacial score (nSPS) is 10.4. The number of anilines is 1. The van der Waals surface area contributed by atoms with Gasteiger partial charge < -0.3 is 10.7 Å². The molecule has 0 aliphatic rings. The van der Waals surface area contributed by atoms with Crippen LogP contribution < -0.4 is 11.3 Å². The highest BCUT2D eigenvalue weighted by Gasteiger charge is 2.13. The first kappa shape index (κ1) is 9.37. The van der Waals surface area contributed by atoms with Crippen LogP contribution in [0.1, 0.15) is 22.5 Å². The van der Waals surface area contributed by atoms with Gasteiger partial charge in [0.2, 0.25) is 0 Å². The number of carbonyl (C=O) groups excluding carboxylic acids is 1. The van der Waals surface area contributed by atoms with Crippen molar-refractivity contribution >= 4 is 12.0 Å². The van der Waals surface area contributed by atoms with Gasteiger partial charge in [-0.2, -0.15) is 0 Å². The van der Waals surface area contributed by atoms with Crippen LogP contribution in [0.2, 0.25) is 0 Å². The summed E-state index contributed by atoms with van der Waals surface area (Å²) in [6.45, 7) is 0. The van der Waals surface area contributed by atoms with Crippen molar-refractivity contribution in [2.75, 3.05) is 5.73 Å². The van der Waals surface area contributed by atoms with Crippen LogP contribution in [0.5, 0.6) is 0 Å². The van der Waals surface area contributed by atoms with Crippen LogP contribution in [0.25, 0.3) is 0 Å². The quantitative estimate of drug-likeness (QED) is 0.671. The molecular weight excluding hydrogens is 182 g/mol. The average Bonchev–Trinajstić information content (AvgIpc) is 2.07. The van der Waals surface area contributed by atoms with Crippen LogP contribution in [-0.2, 0) is 0 Å². The number of carbonyl (C=O) groups is 1. The van der Waals surface area contributed by atoms with Gasteiger partial charge in [-0.3, -0.25) is 9.59 Å². The number of alkyl halides is 2. The molecule has 0 aliphatic heterocycles. The number of nitrogens with two attached hydrogens (primary N) is 1. The smallest absolute Gasteiger partial charge is 0.280 e. The Morgan fingerprint density at radius 3 is 2.62 bits per heavy atom. The van der Waals surface area contributed by atoms with Gasteiger partial charge in [-0.05, 0) is 6.07 Å². The fourth-order valence-corrected chi connectivity index (χ4v) is 0.846. The molecule has 0 atom stereocenters. The number of rotatable bonds is 2. The van der Waals surface area contributed by atoms with Gasteiger partial charge >= 0.3 is 0 Å². The van der Waals surface area contributed by atoms with Crippen molar-refractivity contribution < 1.29 is 13.6 Å². The van der Waals surface area contributed by atoms with Gasteiger partial charge in [0.1, 0.15) is 5.69 Å². The molecule has 1 aromatic rings. The molecule has 70 valence electrons. The van der Waals surface area contributed by atoms with E-state index >= 15 is 0 Å². The van der Waals surface area contributed by atoms with Gasteiger partial charge in [0, 0.05) is 0 Å². The monoisotopic (exact) mass is 188 g/mol. The topological polar surface area (TPSA) is 76.0 Å². The summed E-state index contributed by atoms with van der Waals surface area (Å²) in [6, 6.07) is 0.924. The third kappa shape index (κ3) is 1.71. The first-order chi connectivity index (χ1) is 6.06. The number of aldehydes is 1. The number of pyridine rings is 1. The number of aromatic nitrogens is 1. The first-order valence-corrected chi connectivity index (χ1v) is 3.32. The van der Waals surface area contributed by atoms with Gasteiger partial charge in [-0.1, -0.05) is 0 Å². The molecule has 0 aromatic carbocycles. The lowest BCUT2D eigenvalue weighted by atomic mass is 10.2. The molecule has 0 radical (unpaired) electrons. The standard InChI is InChI=1S/C7H6F2N2O2/c8-6(9)5-4(10)1-3(2-12)7(13)11-5/h1-2,6H,10H2,(H,11,13). The van der Waals surface area contributed by atoms with Crippen molar-refractivity contribution in [2.24, 2.45) is 0 Å². The summed E-state index contributed by atoms with van der Waals surface area (Å²) in [6.07, 6.45) is -2.60. The fraction of sp³-hybridized carbons (Fsp3) is 0.143. The van der Waals surface area contributed by atoms with E-state index < -0.39 is 17.7 Å². The van der Waals surface area contributed by atoms with Gasteiger partial charge in [0.15, 0.2) is 6.29 Å². The second-order valence-corrected chi connectivity index (χ2v) is 2.34. The third-order valence-corrected chi connectivity index (χ3v) is 1.48. The minimum Gasteiger partial charge on any atom is -0.397 e. The molecule has 4 nitrogen and oxygen atoms in total. The summed E-state index contributed by atoms with van der Waals surface area (Å²) in [5, 5.41) is 0. The second-order valence-electron chi connectivity index (χ2n) is 2.34. The molecule has 0 amide bonds. The zero-order valence-corrected chi connectivity index (χ0v) is 6.38. The molecule has 1 rings (SSSR count). The Balaban J connectivity index is 3.37. The van der Waals surface area contributed by atoms with Crippen LogP contribution in [0.3, 0.4) is 0 Å². The van der Waals surface area contributed by atoms with Gasteiger partial charge in [0.25, 0.3) is 12.0 Å². The Morgan fingerprint density at radius 1 is 1.54 bits per heavy atom. The van der Waals surface area contributed by atoms with E-state index in [0.29, 0.717) is 0 Å². The van der Waals surface area contributed by atoms with Crippen molar-refractivity contribution in [1.29, 1.82) is 0 Å². The minimum atomic E-state index is -2.85. The molecule has 6 heteroatoms. The molecule has 0 bridgehead atoms. The number of nitrogen functional groups attached to an aromatic ring is 1. The van der Waals surface area contributed by atoms with Crippen molar-refractivity contribution in [3.63, 3.8) is 0 Å². The Morgan fingerprint density at radius 2 is 2.15 bits per heavy atom. The number of hydrogen-bond donors (Lipinski definition) is 2. The SMILES string of the molecule is Nc1cc(C=O)c(=O)[nH]c1C(F)F. The van der Waals surface area contributed by atoms with Crippen LogP contribution in [-0.4, -0.2) is 11.3 Å². The van der Waals surface area contributed by atoms with Gasteiger partial charge in [-0.25, -0.2) is 8.78 Å². The molecule has 13 heavy (non-hydrogen) atoms. The molecule has 0 saturated heterocycles. The molecule has 0 fully saturated rings. The Hall–Kier alpha value is -1.72. The van der Waals surface area contributed by atoms with E-state index in [0.717, 1.165) is 6.07 Å². The van der Waals surface area contributed by atoms with Crippen LogP contribution in [0, 0.1) is 0 Å². The summed E-state index contributed by atoms with van der Waals surface area (Å²) >= 11 is 0. The summed E-state index contributed by atoms with van der Waals surface area (Å²) < 4.78 is 24.2. The number of halogens is 2. The van der Waals surface area contributed by atoms with Crippen molar-refractivity contribution in [3.8, 4) is 0 Å². The fourth-order valence-electron chi connectivity index (χ4n) is 0.846. The maximum absolute atomic E-state index is 12.1. The van der Waals surface area contributed by atoms with Gasteiger partial charge in [0.05, 0.1) is 11.3 Å². The lowest BCUT2D eigenvalue weighted by Gasteiger charge is -2.03. The van der Waals surface area contributed by atoms with Crippen molar-refractivity contribution in [1.82, 2.24) is 4.98 Å². The number of hydrogen-bond acceptors (Lipinski definition) is 3. The molecule has 0 unspecified atom stereocenters. The predicted molar refractivity (Wildman–Crippen MR) is 41.8 cm³/mol. The second kappa shape index (κ2) is 3.34. The van der Waals surface area contributed by atoms with Crippen LogP contribution in [0.4, 0.5) is 14.5 Å². The van der Waals surface area contributed by atoms with E-state index in [2.05, 4.69) is 0 Å². The predicted octanol–water partition coefficient (Wildman–Crippen LogP) is 0.707. The van der Waals surface area contributed by atoms with E-state index in [1.165, 1.54) is 0 Å². The number of nitrogens with one attached hydrogen (secondary N) is 1. The Kier molecular flexibility index (Phi) is 2.41. The Bertz CT molecular complexity index is 387. The van der Waals surface area contributed by atoms with Crippen LogP contribution in [0.15, 0.2) is 10.9 Å². The van der Waals surface area contributed by atoms with Crippen molar-refractivity contribution in [2.45, 2.75) is 6.43 Å². The lowest BCUT2D eigenvalue weighted by molar-refractivity contribution is 0.112. The molecule has 0 saturated carbocycles.